The van der Waals surface area contributed by atoms with Gasteiger partial charge in [0.25, 0.3) is 0 Å². The van der Waals surface area contributed by atoms with Crippen LogP contribution in [0.5, 0.6) is 11.5 Å². The summed E-state index contributed by atoms with van der Waals surface area (Å²) in [5.41, 5.74) is 6.11. The number of halogens is 8. The van der Waals surface area contributed by atoms with E-state index in [1.807, 2.05) is 52.8 Å². The molecule has 0 atom stereocenters. The van der Waals surface area contributed by atoms with Crippen molar-refractivity contribution in [1.29, 1.82) is 0 Å². The number of aldehydes is 1. The molecule has 0 unspecified atom stereocenters. The molecule has 0 saturated heterocycles. The van der Waals surface area contributed by atoms with Crippen molar-refractivity contribution in [2.75, 3.05) is 12.4 Å². The van der Waals surface area contributed by atoms with Crippen LogP contribution in [0.25, 0.3) is 0 Å². The Morgan fingerprint density at radius 2 is 1.14 bits per heavy atom. The fourth-order valence-electron chi connectivity index (χ4n) is 2.54. The number of hydrogen-bond acceptors (Lipinski definition) is 4. The van der Waals surface area contributed by atoms with Gasteiger partial charge in [-0.05, 0) is 63.8 Å². The Morgan fingerprint density at radius 3 is 1.43 bits per heavy atom. The monoisotopic (exact) mass is 686 g/mol. The van der Waals surface area contributed by atoms with Crippen LogP contribution in [-0.2, 0) is 17.1 Å². The first-order chi connectivity index (χ1) is 15.9. The molecule has 202 valence electrons. The minimum atomic E-state index is -3.11. The number of hydrogen-bond donors (Lipinski definition) is 2. The van der Waals surface area contributed by atoms with Crippen molar-refractivity contribution in [3.63, 3.8) is 0 Å². The Balaban J connectivity index is -0.000000400. The van der Waals surface area contributed by atoms with Gasteiger partial charge in [-0.1, -0.05) is 47.0 Å². The van der Waals surface area contributed by atoms with Crippen molar-refractivity contribution in [2.24, 2.45) is 0 Å². The van der Waals surface area contributed by atoms with Gasteiger partial charge in [0.05, 0.1) is 5.34 Å². The molecule has 0 bridgehead atoms. The Morgan fingerprint density at radius 1 is 0.829 bits per heavy atom. The zero-order valence-electron chi connectivity index (χ0n) is 20.3. The van der Waals surface area contributed by atoms with Gasteiger partial charge in [0.2, 0.25) is 5.02 Å². The molecule has 0 aromatic heterocycles. The molecule has 13 heteroatoms. The van der Waals surface area contributed by atoms with E-state index in [1.54, 1.807) is 6.92 Å². The van der Waals surface area contributed by atoms with Gasteiger partial charge in [-0.2, -0.15) is 0 Å². The number of benzene rings is 2. The molecule has 0 aliphatic rings. The van der Waals surface area contributed by atoms with Gasteiger partial charge in [-0.3, -0.25) is 4.79 Å². The molecule has 0 aliphatic carbocycles. The van der Waals surface area contributed by atoms with E-state index in [2.05, 4.69) is 4.74 Å². The van der Waals surface area contributed by atoms with Crippen molar-refractivity contribution in [3.8, 4) is 11.5 Å². The molecule has 0 amide bonds. The molecule has 2 N–H and O–H groups in total. The average Bonchev–Trinajstić information content (AvgIpc) is 2.71. The summed E-state index contributed by atoms with van der Waals surface area (Å²) in [7, 11) is 21.5. The van der Waals surface area contributed by atoms with E-state index in [9.17, 15) is 15.0 Å². The van der Waals surface area contributed by atoms with E-state index in [0.29, 0.717) is 16.9 Å². The van der Waals surface area contributed by atoms with Gasteiger partial charge in [-0.25, -0.2) is 0 Å². The van der Waals surface area contributed by atoms with Crippen molar-refractivity contribution < 1.29 is 32.1 Å². The third-order valence-electron chi connectivity index (χ3n) is 3.92. The second-order valence-corrected chi connectivity index (χ2v) is 24.1. The number of phenolic OH excluding ortho intramolecular Hbond substituents is 2. The molecule has 0 saturated carbocycles. The Labute approximate surface area is 247 Å². The van der Waals surface area contributed by atoms with Crippen molar-refractivity contribution in [2.45, 2.75) is 46.6 Å². The molecule has 0 aliphatic heterocycles. The third kappa shape index (κ3) is 22.4. The number of ether oxygens (including phenoxy) is 1. The Bertz CT molecular complexity index is 862. The number of rotatable bonds is 2. The molecule has 0 heterocycles. The molecule has 2 aromatic carbocycles. The summed E-state index contributed by atoms with van der Waals surface area (Å²) in [5.74, 6) is 0.647. The number of carbonyl (C=O) groups is 1. The maximum atomic E-state index is 10.6. The summed E-state index contributed by atoms with van der Waals surface area (Å²) in [5, 5.41) is 18.3. The van der Waals surface area contributed by atoms with Crippen LogP contribution in [0.3, 0.4) is 0 Å². The number of methoxy groups -OCH3 is 1. The SMILES string of the molecule is COC(Cl)Cl.Cc1cc(C)c(C=O)c(C)c1O.Cc1cc(C)c(O)c(C)c1.ClCCl.[Cl][Ti]([Cl])([Cl])[Cl]. The molecular weight excluding hydrogens is 660 g/mol. The van der Waals surface area contributed by atoms with E-state index < -0.39 is 17.4 Å². The van der Waals surface area contributed by atoms with Crippen LogP contribution in [0, 0.1) is 41.5 Å². The van der Waals surface area contributed by atoms with Crippen LogP contribution >= 0.6 is 83.6 Å². The van der Waals surface area contributed by atoms with E-state index in [0.717, 1.165) is 28.5 Å². The first-order valence-electron chi connectivity index (χ1n) is 9.57. The number of phenols is 2. The van der Waals surface area contributed by atoms with Crippen LogP contribution in [-0.4, -0.2) is 34.0 Å². The molecule has 35 heavy (non-hydrogen) atoms. The first kappa shape index (κ1) is 40.2. The van der Waals surface area contributed by atoms with Gasteiger partial charge < -0.3 is 14.9 Å². The maximum absolute atomic E-state index is 10.6. The molecule has 2 rings (SSSR count). The van der Waals surface area contributed by atoms with E-state index >= 15 is 0 Å². The molecule has 2 aromatic rings. The third-order valence-corrected chi connectivity index (χ3v) is 4.28. The van der Waals surface area contributed by atoms with Gasteiger partial charge in [0, 0.05) is 18.2 Å². The standard InChI is InChI=1S/C10H12O2.C9H12O.C2H4Cl2O.CH2Cl2.4ClH.Ti/c1-6-4-7(2)10(12)8(3)9(6)5-11;1-6-4-7(2)9(10)8(3)5-6;1-5-2(3)4;2-1-3;;;;;/h4-5,12H,1-3H3;4-5,10H,1-3H3;2H,1H3;1H2;4*1H;/q;;;;;;;;+4/p-4. The molecule has 0 fully saturated rings. The molecule has 0 spiro atoms. The van der Waals surface area contributed by atoms with E-state index in [1.165, 1.54) is 12.7 Å². The number of aryl methyl sites for hydroxylation is 5. The second-order valence-electron chi connectivity index (χ2n) is 6.79. The predicted molar refractivity (Wildman–Crippen MR) is 153 cm³/mol. The van der Waals surface area contributed by atoms with Gasteiger partial charge >= 0.3 is 49.6 Å². The van der Waals surface area contributed by atoms with Gasteiger partial charge in [-0.15, -0.1) is 23.2 Å². The summed E-state index contributed by atoms with van der Waals surface area (Å²) >= 11 is 16.4. The molecule has 0 radical (unpaired) electrons. The number of alkyl halides is 4. The van der Waals surface area contributed by atoms with Crippen LogP contribution in [0.2, 0.25) is 0 Å². The topological polar surface area (TPSA) is 66.8 Å². The van der Waals surface area contributed by atoms with Crippen molar-refractivity contribution >= 4 is 89.9 Å². The zero-order chi connectivity index (χ0) is 28.5. The Hall–Kier alpha value is 0.704. The summed E-state index contributed by atoms with van der Waals surface area (Å²) in [6.07, 6.45) is 0.782. The molecule has 4 nitrogen and oxygen atoms in total. The minimum absolute atomic E-state index is 0.194. The summed E-state index contributed by atoms with van der Waals surface area (Å²) in [6, 6.07) is 5.76. The predicted octanol–water partition coefficient (Wildman–Crippen LogP) is 10.0. The number of carbonyl (C=O) groups excluding carboxylic acids is 1. The van der Waals surface area contributed by atoms with E-state index in [4.69, 9.17) is 83.6 Å². The summed E-state index contributed by atoms with van der Waals surface area (Å²) in [4.78, 5) is 10.6. The second kappa shape index (κ2) is 21.6. The quantitative estimate of drug-likeness (QED) is 0.187. The van der Waals surface area contributed by atoms with Crippen LogP contribution in [0.15, 0.2) is 18.2 Å². The van der Waals surface area contributed by atoms with Crippen LogP contribution in [0.1, 0.15) is 43.7 Å². The van der Waals surface area contributed by atoms with Crippen molar-refractivity contribution in [3.05, 3.63) is 57.1 Å². The fourth-order valence-corrected chi connectivity index (χ4v) is 2.54. The van der Waals surface area contributed by atoms with E-state index in [-0.39, 0.29) is 11.1 Å². The van der Waals surface area contributed by atoms with Gasteiger partial charge in [0.1, 0.15) is 11.5 Å². The summed E-state index contributed by atoms with van der Waals surface area (Å²) in [6.45, 7) is 11.3. The van der Waals surface area contributed by atoms with Gasteiger partial charge in [0.15, 0.2) is 6.29 Å². The molecular formula is C22H30Cl8O4Ti. The first-order valence-corrected chi connectivity index (χ1v) is 20.1. The number of aromatic hydroxyl groups is 2. The average molecular weight is 690 g/mol. The zero-order valence-corrected chi connectivity index (χ0v) is 27.9. The van der Waals surface area contributed by atoms with Crippen LogP contribution in [0.4, 0.5) is 0 Å². The normalized spacial score (nSPS) is 9.83. The fraction of sp³-hybridized carbons (Fsp3) is 0.409. The van der Waals surface area contributed by atoms with Crippen molar-refractivity contribution in [1.82, 2.24) is 0 Å². The Kier molecular flexibility index (Phi) is 24.8. The van der Waals surface area contributed by atoms with Crippen LogP contribution < -0.4 is 0 Å². The summed E-state index contributed by atoms with van der Waals surface area (Å²) < 4.78 is 4.28.